The predicted molar refractivity (Wildman–Crippen MR) is 80.0 cm³/mol. The summed E-state index contributed by atoms with van der Waals surface area (Å²) in [5.74, 6) is -0.775. The first kappa shape index (κ1) is 15.6. The Bertz CT molecular complexity index is 860. The summed E-state index contributed by atoms with van der Waals surface area (Å²) in [4.78, 5) is 10.7. The second-order valence-electron chi connectivity index (χ2n) is 4.92. The number of aromatic carboxylic acids is 1. The fourth-order valence-electron chi connectivity index (χ4n) is 2.05. The van der Waals surface area contributed by atoms with Gasteiger partial charge in [-0.3, -0.25) is 0 Å². The Morgan fingerprint density at radius 3 is 2.58 bits per heavy atom. The maximum Gasteiger partial charge on any atom is 0.356 e. The lowest BCUT2D eigenvalue weighted by molar-refractivity contribution is 0.0689. The number of ether oxygens (including phenoxy) is 1. The molecule has 3 aromatic rings. The standard InChI is InChI=1S/C16H12FN3O4/c1-9-12(8-23-14-7-6-13(16(21)22)18-19-14)15(20-24-9)10-2-4-11(17)5-3-10/h2-7H,8H2,1H3,(H,21,22). The number of carbonyl (C=O) groups is 1. The van der Waals surface area contributed by atoms with E-state index >= 15 is 0 Å². The van der Waals surface area contributed by atoms with E-state index in [0.29, 0.717) is 22.6 Å². The quantitative estimate of drug-likeness (QED) is 0.768. The van der Waals surface area contributed by atoms with Crippen molar-refractivity contribution in [2.24, 2.45) is 0 Å². The molecule has 0 fully saturated rings. The minimum absolute atomic E-state index is 0.100. The zero-order valence-corrected chi connectivity index (χ0v) is 12.6. The van der Waals surface area contributed by atoms with Gasteiger partial charge in [-0.25, -0.2) is 9.18 Å². The van der Waals surface area contributed by atoms with E-state index in [-0.39, 0.29) is 24.0 Å². The predicted octanol–water partition coefficient (Wildman–Crippen LogP) is 2.86. The van der Waals surface area contributed by atoms with Crippen LogP contribution in [0.3, 0.4) is 0 Å². The molecule has 7 nitrogen and oxygen atoms in total. The average Bonchev–Trinajstić information content (AvgIpc) is 2.95. The van der Waals surface area contributed by atoms with Gasteiger partial charge in [0.15, 0.2) is 5.69 Å². The normalized spacial score (nSPS) is 10.6. The summed E-state index contributed by atoms with van der Waals surface area (Å²) in [5.41, 5.74) is 1.75. The van der Waals surface area contributed by atoms with Gasteiger partial charge in [0.25, 0.3) is 0 Å². The molecule has 0 amide bonds. The van der Waals surface area contributed by atoms with Gasteiger partial charge < -0.3 is 14.4 Å². The molecule has 3 rings (SSSR count). The van der Waals surface area contributed by atoms with Crippen LogP contribution in [0.1, 0.15) is 21.8 Å². The number of nitrogens with zero attached hydrogens (tertiary/aromatic N) is 3. The zero-order chi connectivity index (χ0) is 17.1. The molecule has 0 saturated heterocycles. The Labute approximate surface area is 135 Å². The van der Waals surface area contributed by atoms with Gasteiger partial charge in [0.2, 0.25) is 5.88 Å². The molecule has 8 heteroatoms. The molecule has 0 saturated carbocycles. The molecular weight excluding hydrogens is 317 g/mol. The molecule has 0 aliphatic carbocycles. The maximum absolute atomic E-state index is 13.0. The van der Waals surface area contributed by atoms with Crippen molar-refractivity contribution in [1.82, 2.24) is 15.4 Å². The molecule has 0 aliphatic heterocycles. The van der Waals surface area contributed by atoms with Gasteiger partial charge in [0.05, 0.1) is 5.56 Å². The lowest BCUT2D eigenvalue weighted by Gasteiger charge is -2.05. The van der Waals surface area contributed by atoms with Crippen molar-refractivity contribution in [2.75, 3.05) is 0 Å². The molecule has 0 bridgehead atoms. The van der Waals surface area contributed by atoms with Crippen molar-refractivity contribution in [3.05, 3.63) is 59.2 Å². The van der Waals surface area contributed by atoms with Gasteiger partial charge in [0.1, 0.15) is 23.9 Å². The van der Waals surface area contributed by atoms with Gasteiger partial charge >= 0.3 is 5.97 Å². The molecular formula is C16H12FN3O4. The Hall–Kier alpha value is -3.29. The Morgan fingerprint density at radius 1 is 1.21 bits per heavy atom. The number of carboxylic acids is 1. The highest BCUT2D eigenvalue weighted by molar-refractivity contribution is 5.84. The van der Waals surface area contributed by atoms with Crippen molar-refractivity contribution in [2.45, 2.75) is 13.5 Å². The van der Waals surface area contributed by atoms with Crippen LogP contribution in [0.4, 0.5) is 4.39 Å². The monoisotopic (exact) mass is 329 g/mol. The van der Waals surface area contributed by atoms with Gasteiger partial charge in [-0.15, -0.1) is 10.2 Å². The Balaban J connectivity index is 1.79. The summed E-state index contributed by atoms with van der Waals surface area (Å²) in [5, 5.41) is 20.0. The van der Waals surface area contributed by atoms with Crippen molar-refractivity contribution < 1.29 is 23.6 Å². The molecule has 2 heterocycles. The van der Waals surface area contributed by atoms with Crippen LogP contribution >= 0.6 is 0 Å². The number of aromatic nitrogens is 3. The number of hydrogen-bond acceptors (Lipinski definition) is 6. The second kappa shape index (κ2) is 6.45. The van der Waals surface area contributed by atoms with Gasteiger partial charge in [0, 0.05) is 11.6 Å². The fourth-order valence-corrected chi connectivity index (χ4v) is 2.05. The van der Waals surface area contributed by atoms with E-state index in [1.807, 2.05) is 0 Å². The first-order valence-corrected chi connectivity index (χ1v) is 6.95. The molecule has 1 aromatic carbocycles. The molecule has 0 aliphatic rings. The van der Waals surface area contributed by atoms with E-state index in [1.165, 1.54) is 24.3 Å². The van der Waals surface area contributed by atoms with Crippen LogP contribution in [-0.4, -0.2) is 26.4 Å². The number of halogens is 1. The largest absolute Gasteiger partial charge is 0.476 e. The highest BCUT2D eigenvalue weighted by Crippen LogP contribution is 2.26. The number of hydrogen-bond donors (Lipinski definition) is 1. The van der Waals surface area contributed by atoms with Gasteiger partial charge in [-0.1, -0.05) is 5.16 Å². The minimum atomic E-state index is -1.16. The second-order valence-corrected chi connectivity index (χ2v) is 4.92. The highest BCUT2D eigenvalue weighted by atomic mass is 19.1. The van der Waals surface area contributed by atoms with Gasteiger partial charge in [-0.2, -0.15) is 0 Å². The first-order valence-electron chi connectivity index (χ1n) is 6.95. The number of benzene rings is 1. The van der Waals surface area contributed by atoms with E-state index in [2.05, 4.69) is 15.4 Å². The summed E-state index contributed by atoms with van der Waals surface area (Å²) < 4.78 is 23.7. The summed E-state index contributed by atoms with van der Waals surface area (Å²) in [6.45, 7) is 1.83. The number of aryl methyl sites for hydroxylation is 1. The molecule has 0 radical (unpaired) electrons. The third kappa shape index (κ3) is 3.22. The molecule has 122 valence electrons. The van der Waals surface area contributed by atoms with Crippen LogP contribution in [0.2, 0.25) is 0 Å². The first-order chi connectivity index (χ1) is 11.5. The van der Waals surface area contributed by atoms with Crippen molar-refractivity contribution in [3.8, 4) is 17.1 Å². The maximum atomic E-state index is 13.0. The third-order valence-electron chi connectivity index (χ3n) is 3.33. The topological polar surface area (TPSA) is 98.3 Å². The fraction of sp³-hybridized carbons (Fsp3) is 0.125. The Kier molecular flexibility index (Phi) is 4.19. The van der Waals surface area contributed by atoms with Crippen LogP contribution in [0.25, 0.3) is 11.3 Å². The molecule has 0 unspecified atom stereocenters. The summed E-state index contributed by atoms with van der Waals surface area (Å²) >= 11 is 0. The van der Waals surface area contributed by atoms with Crippen LogP contribution < -0.4 is 4.74 Å². The average molecular weight is 329 g/mol. The lowest BCUT2D eigenvalue weighted by Crippen LogP contribution is -2.04. The molecule has 0 atom stereocenters. The summed E-state index contributed by atoms with van der Waals surface area (Å²) in [6.07, 6.45) is 0. The molecule has 2 aromatic heterocycles. The molecule has 1 N–H and O–H groups in total. The van der Waals surface area contributed by atoms with E-state index in [0.717, 1.165) is 0 Å². The van der Waals surface area contributed by atoms with Crippen molar-refractivity contribution >= 4 is 5.97 Å². The Morgan fingerprint density at radius 2 is 1.96 bits per heavy atom. The van der Waals surface area contributed by atoms with Crippen LogP contribution in [0, 0.1) is 12.7 Å². The molecule has 24 heavy (non-hydrogen) atoms. The summed E-state index contributed by atoms with van der Waals surface area (Å²) in [6, 6.07) is 8.57. The third-order valence-corrected chi connectivity index (χ3v) is 3.33. The smallest absolute Gasteiger partial charge is 0.356 e. The van der Waals surface area contributed by atoms with Gasteiger partial charge in [-0.05, 0) is 37.3 Å². The van der Waals surface area contributed by atoms with E-state index in [1.54, 1.807) is 19.1 Å². The van der Waals surface area contributed by atoms with Crippen molar-refractivity contribution in [1.29, 1.82) is 0 Å². The SMILES string of the molecule is Cc1onc(-c2ccc(F)cc2)c1COc1ccc(C(=O)O)nn1. The minimum Gasteiger partial charge on any atom is -0.476 e. The van der Waals surface area contributed by atoms with Crippen LogP contribution in [0.5, 0.6) is 5.88 Å². The van der Waals surface area contributed by atoms with E-state index in [9.17, 15) is 9.18 Å². The van der Waals surface area contributed by atoms with Crippen molar-refractivity contribution in [3.63, 3.8) is 0 Å². The van der Waals surface area contributed by atoms with Crippen LogP contribution in [-0.2, 0) is 6.61 Å². The molecule has 0 spiro atoms. The summed E-state index contributed by atoms with van der Waals surface area (Å²) in [7, 11) is 0. The number of carboxylic acid groups (broad SMARTS) is 1. The number of rotatable bonds is 5. The lowest BCUT2D eigenvalue weighted by atomic mass is 10.1. The van der Waals surface area contributed by atoms with E-state index in [4.69, 9.17) is 14.4 Å². The van der Waals surface area contributed by atoms with E-state index < -0.39 is 5.97 Å². The van der Waals surface area contributed by atoms with Crippen LogP contribution in [0.15, 0.2) is 40.9 Å². The highest BCUT2D eigenvalue weighted by Gasteiger charge is 2.16. The zero-order valence-electron chi connectivity index (χ0n) is 12.6.